The highest BCUT2D eigenvalue weighted by Crippen LogP contribution is 2.18. The highest BCUT2D eigenvalue weighted by Gasteiger charge is 2.15. The van der Waals surface area contributed by atoms with Crippen molar-refractivity contribution in [1.82, 2.24) is 5.32 Å². The van der Waals surface area contributed by atoms with Gasteiger partial charge in [0, 0.05) is 17.9 Å². The van der Waals surface area contributed by atoms with Crippen molar-refractivity contribution in [3.8, 4) is 0 Å². The molecule has 0 aliphatic carbocycles. The van der Waals surface area contributed by atoms with Crippen LogP contribution in [0.5, 0.6) is 0 Å². The van der Waals surface area contributed by atoms with Crippen LogP contribution in [-0.2, 0) is 4.79 Å². The number of para-hydroxylation sites is 3. The van der Waals surface area contributed by atoms with Crippen molar-refractivity contribution in [2.24, 2.45) is 0 Å². The summed E-state index contributed by atoms with van der Waals surface area (Å²) in [7, 11) is 0. The highest BCUT2D eigenvalue weighted by atomic mass is 16.2. The van der Waals surface area contributed by atoms with Crippen LogP contribution in [0.25, 0.3) is 0 Å². The molecule has 3 aromatic carbocycles. The van der Waals surface area contributed by atoms with E-state index in [9.17, 15) is 14.4 Å². The van der Waals surface area contributed by atoms with Gasteiger partial charge in [0.15, 0.2) is 0 Å². The number of hydrogen-bond acceptors (Lipinski definition) is 4. The molecular formula is C25H24N4O3. The number of carbonyl (C=O) groups is 3. The third-order valence-corrected chi connectivity index (χ3v) is 4.50. The smallest absolute Gasteiger partial charge is 0.257 e. The standard InChI is InChI=1S/C25H24N4O3/c1-2-16-26-24(31)19-12-6-8-14-21(19)27-17-23(30)29-22-15-9-7-13-20(22)25(32)28-18-10-4-3-5-11-18/h2-15,27H,1,16-17H2,(H,26,31)(H,28,32)(H,29,30). The number of carbonyl (C=O) groups excluding carboxylic acids is 3. The van der Waals surface area contributed by atoms with Gasteiger partial charge < -0.3 is 21.3 Å². The predicted molar refractivity (Wildman–Crippen MR) is 127 cm³/mol. The van der Waals surface area contributed by atoms with E-state index in [0.717, 1.165) is 0 Å². The summed E-state index contributed by atoms with van der Waals surface area (Å²) < 4.78 is 0. The fourth-order valence-electron chi connectivity index (χ4n) is 2.98. The molecule has 0 heterocycles. The summed E-state index contributed by atoms with van der Waals surface area (Å²) in [5, 5.41) is 11.3. The Balaban J connectivity index is 1.65. The molecular weight excluding hydrogens is 404 g/mol. The minimum atomic E-state index is -0.355. The quantitative estimate of drug-likeness (QED) is 0.388. The van der Waals surface area contributed by atoms with E-state index in [-0.39, 0.29) is 24.3 Å². The lowest BCUT2D eigenvalue weighted by Gasteiger charge is -2.14. The fraction of sp³-hybridized carbons (Fsp3) is 0.0800. The first-order valence-electron chi connectivity index (χ1n) is 10.1. The van der Waals surface area contributed by atoms with Gasteiger partial charge in [0.1, 0.15) is 0 Å². The van der Waals surface area contributed by atoms with Gasteiger partial charge in [0.05, 0.1) is 23.4 Å². The average Bonchev–Trinajstić information content (AvgIpc) is 2.82. The molecule has 7 heteroatoms. The Morgan fingerprint density at radius 1 is 0.719 bits per heavy atom. The van der Waals surface area contributed by atoms with Crippen LogP contribution in [0.15, 0.2) is 91.5 Å². The van der Waals surface area contributed by atoms with Crippen LogP contribution >= 0.6 is 0 Å². The maximum Gasteiger partial charge on any atom is 0.257 e. The summed E-state index contributed by atoms with van der Waals surface area (Å²) in [4.78, 5) is 37.5. The third kappa shape index (κ3) is 6.06. The first-order valence-corrected chi connectivity index (χ1v) is 10.1. The van der Waals surface area contributed by atoms with Gasteiger partial charge in [-0.15, -0.1) is 6.58 Å². The zero-order valence-corrected chi connectivity index (χ0v) is 17.4. The van der Waals surface area contributed by atoms with Crippen LogP contribution in [0.4, 0.5) is 17.1 Å². The molecule has 0 atom stereocenters. The number of nitrogens with one attached hydrogen (secondary N) is 4. The molecule has 162 valence electrons. The molecule has 3 rings (SSSR count). The van der Waals surface area contributed by atoms with E-state index in [1.54, 1.807) is 66.7 Å². The van der Waals surface area contributed by atoms with E-state index in [4.69, 9.17) is 0 Å². The molecule has 0 radical (unpaired) electrons. The Morgan fingerprint density at radius 2 is 1.31 bits per heavy atom. The molecule has 0 saturated heterocycles. The molecule has 3 aromatic rings. The van der Waals surface area contributed by atoms with Crippen LogP contribution in [0, 0.1) is 0 Å². The monoisotopic (exact) mass is 428 g/mol. The van der Waals surface area contributed by atoms with Crippen LogP contribution in [-0.4, -0.2) is 30.8 Å². The lowest BCUT2D eigenvalue weighted by Crippen LogP contribution is -2.27. The lowest BCUT2D eigenvalue weighted by molar-refractivity contribution is -0.114. The molecule has 0 aromatic heterocycles. The SMILES string of the molecule is C=CCNC(=O)c1ccccc1NCC(=O)Nc1ccccc1C(=O)Nc1ccccc1. The third-order valence-electron chi connectivity index (χ3n) is 4.50. The predicted octanol–water partition coefficient (Wildman–Crippen LogP) is 3.91. The Bertz CT molecular complexity index is 1110. The van der Waals surface area contributed by atoms with Gasteiger partial charge >= 0.3 is 0 Å². The number of rotatable bonds is 9. The summed E-state index contributed by atoms with van der Waals surface area (Å²) in [5.41, 5.74) is 2.34. The average molecular weight is 428 g/mol. The summed E-state index contributed by atoms with van der Waals surface area (Å²) in [5.74, 6) is -0.952. The van der Waals surface area contributed by atoms with Gasteiger partial charge in [0.25, 0.3) is 11.8 Å². The van der Waals surface area contributed by atoms with Crippen molar-refractivity contribution >= 4 is 34.8 Å². The van der Waals surface area contributed by atoms with E-state index in [1.165, 1.54) is 0 Å². The maximum atomic E-state index is 12.7. The Labute approximate surface area is 186 Å². The molecule has 0 unspecified atom stereocenters. The number of amides is 3. The largest absolute Gasteiger partial charge is 0.376 e. The van der Waals surface area contributed by atoms with Gasteiger partial charge in [-0.3, -0.25) is 14.4 Å². The normalized spacial score (nSPS) is 10.0. The lowest BCUT2D eigenvalue weighted by atomic mass is 10.1. The molecule has 4 N–H and O–H groups in total. The summed E-state index contributed by atoms with van der Waals surface area (Å²) in [6, 6.07) is 22.7. The van der Waals surface area contributed by atoms with E-state index in [1.807, 2.05) is 18.2 Å². The molecule has 0 aliphatic heterocycles. The molecule has 0 bridgehead atoms. The van der Waals surface area contributed by atoms with Gasteiger partial charge in [-0.2, -0.15) is 0 Å². The van der Waals surface area contributed by atoms with Gasteiger partial charge in [-0.05, 0) is 36.4 Å². The molecule has 3 amide bonds. The number of hydrogen-bond donors (Lipinski definition) is 4. The van der Waals surface area contributed by atoms with Gasteiger partial charge in [-0.25, -0.2) is 0 Å². The van der Waals surface area contributed by atoms with E-state index < -0.39 is 0 Å². The Morgan fingerprint density at radius 3 is 2.00 bits per heavy atom. The number of anilines is 3. The van der Waals surface area contributed by atoms with Crippen LogP contribution < -0.4 is 21.3 Å². The summed E-state index contributed by atoms with van der Waals surface area (Å²) in [6.45, 7) is 3.84. The second kappa shape index (κ2) is 11.1. The molecule has 0 fully saturated rings. The highest BCUT2D eigenvalue weighted by molar-refractivity contribution is 6.10. The first-order chi connectivity index (χ1) is 15.6. The molecule has 0 saturated carbocycles. The van der Waals surface area contributed by atoms with Gasteiger partial charge in [0.2, 0.25) is 5.91 Å². The van der Waals surface area contributed by atoms with Crippen LogP contribution in [0.1, 0.15) is 20.7 Å². The van der Waals surface area contributed by atoms with Crippen LogP contribution in [0.2, 0.25) is 0 Å². The number of benzene rings is 3. The first kappa shape index (κ1) is 22.3. The van der Waals surface area contributed by atoms with Crippen molar-refractivity contribution in [3.05, 3.63) is 103 Å². The molecule has 0 spiro atoms. The molecule has 7 nitrogen and oxygen atoms in total. The minimum Gasteiger partial charge on any atom is -0.376 e. The zero-order chi connectivity index (χ0) is 22.8. The maximum absolute atomic E-state index is 12.7. The Hall–Kier alpha value is -4.39. The Kier molecular flexibility index (Phi) is 7.75. The zero-order valence-electron chi connectivity index (χ0n) is 17.4. The minimum absolute atomic E-state index is 0.0829. The van der Waals surface area contributed by atoms with E-state index >= 15 is 0 Å². The van der Waals surface area contributed by atoms with Crippen molar-refractivity contribution in [1.29, 1.82) is 0 Å². The van der Waals surface area contributed by atoms with Crippen molar-refractivity contribution in [2.45, 2.75) is 0 Å². The van der Waals surface area contributed by atoms with Gasteiger partial charge in [-0.1, -0.05) is 48.5 Å². The van der Waals surface area contributed by atoms with E-state index in [0.29, 0.717) is 34.7 Å². The summed E-state index contributed by atoms with van der Waals surface area (Å²) in [6.07, 6.45) is 1.59. The second-order valence-electron chi connectivity index (χ2n) is 6.81. The second-order valence-corrected chi connectivity index (χ2v) is 6.81. The van der Waals surface area contributed by atoms with Crippen molar-refractivity contribution in [3.63, 3.8) is 0 Å². The van der Waals surface area contributed by atoms with Crippen molar-refractivity contribution < 1.29 is 14.4 Å². The molecule has 32 heavy (non-hydrogen) atoms. The van der Waals surface area contributed by atoms with E-state index in [2.05, 4.69) is 27.8 Å². The summed E-state index contributed by atoms with van der Waals surface area (Å²) >= 11 is 0. The van der Waals surface area contributed by atoms with Crippen molar-refractivity contribution in [2.75, 3.05) is 29.0 Å². The fourth-order valence-corrected chi connectivity index (χ4v) is 2.98. The van der Waals surface area contributed by atoms with Crippen LogP contribution in [0.3, 0.4) is 0 Å². The molecule has 0 aliphatic rings. The topological polar surface area (TPSA) is 99.3 Å².